The number of hydrogen-bond acceptors (Lipinski definition) is 5. The third-order valence-corrected chi connectivity index (χ3v) is 2.71. The third kappa shape index (κ3) is 3.62. The number of nitrogens with one attached hydrogen (secondary N) is 1. The second-order valence-electron chi connectivity index (χ2n) is 4.18. The molecule has 1 amide bonds. The summed E-state index contributed by atoms with van der Waals surface area (Å²) in [5.74, 6) is 0.708. The Hall–Kier alpha value is -2.76. The molecule has 110 valence electrons. The zero-order chi connectivity index (χ0) is 15.2. The lowest BCUT2D eigenvalue weighted by Crippen LogP contribution is -2.12. The zero-order valence-corrected chi connectivity index (χ0v) is 11.8. The average molecular weight is 288 g/mol. The average Bonchev–Trinajstić information content (AvgIpc) is 2.48. The molecule has 0 aliphatic heterocycles. The highest BCUT2D eigenvalue weighted by Gasteiger charge is 2.10. The molecule has 2 N–H and O–H groups in total. The van der Waals surface area contributed by atoms with Crippen molar-refractivity contribution in [2.75, 3.05) is 19.0 Å². The van der Waals surface area contributed by atoms with Crippen molar-refractivity contribution in [3.05, 3.63) is 42.2 Å². The first-order chi connectivity index (χ1) is 10.1. The molecule has 1 aromatic heterocycles. The van der Waals surface area contributed by atoms with Crippen LogP contribution in [0.1, 0.15) is 17.3 Å². The van der Waals surface area contributed by atoms with Crippen LogP contribution in [0.2, 0.25) is 0 Å². The van der Waals surface area contributed by atoms with Crippen molar-refractivity contribution in [2.45, 2.75) is 6.92 Å². The summed E-state index contributed by atoms with van der Waals surface area (Å²) in [7, 11) is 1.55. The van der Waals surface area contributed by atoms with Gasteiger partial charge in [-0.05, 0) is 25.1 Å². The summed E-state index contributed by atoms with van der Waals surface area (Å²) < 4.78 is 10.6. The summed E-state index contributed by atoms with van der Waals surface area (Å²) in [6.07, 6.45) is 2.64. The molecule has 1 aromatic carbocycles. The van der Waals surface area contributed by atoms with Gasteiger partial charge in [-0.1, -0.05) is 0 Å². The van der Waals surface area contributed by atoms with Crippen molar-refractivity contribution >= 4 is 11.6 Å². The van der Waals surface area contributed by atoms with E-state index in [4.69, 9.17) is 9.47 Å². The molecule has 0 radical (unpaired) electrons. The SMILES string of the molecule is CCOc1cc(NC(=O)c2cncc(O)c2)ccc1OC. The highest BCUT2D eigenvalue weighted by molar-refractivity contribution is 6.04. The molecule has 6 nitrogen and oxygen atoms in total. The molecule has 0 aliphatic rings. The van der Waals surface area contributed by atoms with Gasteiger partial charge in [0.05, 0.1) is 25.5 Å². The maximum absolute atomic E-state index is 12.1. The number of nitrogens with zero attached hydrogens (tertiary/aromatic N) is 1. The van der Waals surface area contributed by atoms with Crippen molar-refractivity contribution in [1.29, 1.82) is 0 Å². The first-order valence-electron chi connectivity index (χ1n) is 6.40. The zero-order valence-electron chi connectivity index (χ0n) is 11.8. The van der Waals surface area contributed by atoms with Crippen molar-refractivity contribution in [1.82, 2.24) is 4.98 Å². The van der Waals surface area contributed by atoms with Crippen LogP contribution in [-0.4, -0.2) is 29.7 Å². The van der Waals surface area contributed by atoms with E-state index < -0.39 is 0 Å². The van der Waals surface area contributed by atoms with Crippen LogP contribution < -0.4 is 14.8 Å². The predicted molar refractivity (Wildman–Crippen MR) is 78.0 cm³/mol. The van der Waals surface area contributed by atoms with Gasteiger partial charge in [0.2, 0.25) is 0 Å². The van der Waals surface area contributed by atoms with Gasteiger partial charge in [0.25, 0.3) is 5.91 Å². The molecule has 2 rings (SSSR count). The second-order valence-corrected chi connectivity index (χ2v) is 4.18. The molecule has 1 heterocycles. The molecule has 0 saturated carbocycles. The molecule has 0 fully saturated rings. The fourth-order valence-corrected chi connectivity index (χ4v) is 1.78. The van der Waals surface area contributed by atoms with Crippen LogP contribution in [0.5, 0.6) is 17.2 Å². The topological polar surface area (TPSA) is 80.7 Å². The van der Waals surface area contributed by atoms with Crippen LogP contribution in [0.4, 0.5) is 5.69 Å². The Bertz CT molecular complexity index is 643. The smallest absolute Gasteiger partial charge is 0.257 e. The summed E-state index contributed by atoms with van der Waals surface area (Å²) in [6.45, 7) is 2.35. The van der Waals surface area contributed by atoms with E-state index in [1.165, 1.54) is 18.5 Å². The van der Waals surface area contributed by atoms with Gasteiger partial charge >= 0.3 is 0 Å². The Labute approximate surface area is 122 Å². The highest BCUT2D eigenvalue weighted by Crippen LogP contribution is 2.30. The molecule has 0 saturated heterocycles. The van der Waals surface area contributed by atoms with Crippen molar-refractivity contribution < 1.29 is 19.4 Å². The number of aromatic nitrogens is 1. The molecule has 0 spiro atoms. The number of hydrogen-bond donors (Lipinski definition) is 2. The predicted octanol–water partition coefficient (Wildman–Crippen LogP) is 2.45. The van der Waals surface area contributed by atoms with Crippen LogP contribution in [0.25, 0.3) is 0 Å². The second kappa shape index (κ2) is 6.60. The van der Waals surface area contributed by atoms with Crippen molar-refractivity contribution in [3.63, 3.8) is 0 Å². The van der Waals surface area contributed by atoms with E-state index in [2.05, 4.69) is 10.3 Å². The van der Waals surface area contributed by atoms with E-state index in [0.717, 1.165) is 0 Å². The van der Waals surface area contributed by atoms with E-state index >= 15 is 0 Å². The summed E-state index contributed by atoms with van der Waals surface area (Å²) in [4.78, 5) is 15.8. The first kappa shape index (κ1) is 14.6. The summed E-state index contributed by atoms with van der Waals surface area (Å²) in [6, 6.07) is 6.43. The largest absolute Gasteiger partial charge is 0.506 e. The molecule has 0 bridgehead atoms. The lowest BCUT2D eigenvalue weighted by Gasteiger charge is -2.11. The number of anilines is 1. The number of carbonyl (C=O) groups excluding carboxylic acids is 1. The van der Waals surface area contributed by atoms with Gasteiger partial charge < -0.3 is 19.9 Å². The van der Waals surface area contributed by atoms with Gasteiger partial charge in [0.15, 0.2) is 11.5 Å². The molecule has 0 aliphatic carbocycles. The minimum atomic E-state index is -0.369. The van der Waals surface area contributed by atoms with Gasteiger partial charge in [-0.2, -0.15) is 0 Å². The standard InChI is InChI=1S/C15H16N2O4/c1-3-21-14-7-11(4-5-13(14)20-2)17-15(19)10-6-12(18)9-16-8-10/h4-9,18H,3H2,1-2H3,(H,17,19). The molecule has 6 heteroatoms. The van der Waals surface area contributed by atoms with E-state index in [-0.39, 0.29) is 17.2 Å². The minimum Gasteiger partial charge on any atom is -0.506 e. The van der Waals surface area contributed by atoms with Gasteiger partial charge in [-0.15, -0.1) is 0 Å². The molecule has 0 atom stereocenters. The molecule has 0 unspecified atom stereocenters. The van der Waals surface area contributed by atoms with E-state index in [0.29, 0.717) is 23.8 Å². The molecule has 21 heavy (non-hydrogen) atoms. The van der Waals surface area contributed by atoms with Gasteiger partial charge in [0, 0.05) is 18.0 Å². The fourth-order valence-electron chi connectivity index (χ4n) is 1.78. The normalized spacial score (nSPS) is 10.0. The number of aromatic hydroxyl groups is 1. The molecular formula is C15H16N2O4. The maximum Gasteiger partial charge on any atom is 0.257 e. The fraction of sp³-hybridized carbons (Fsp3) is 0.200. The van der Waals surface area contributed by atoms with Crippen LogP contribution in [0, 0.1) is 0 Å². The summed E-state index contributed by atoms with van der Waals surface area (Å²) in [5, 5.41) is 12.0. The summed E-state index contributed by atoms with van der Waals surface area (Å²) >= 11 is 0. The lowest BCUT2D eigenvalue weighted by molar-refractivity contribution is 0.102. The number of benzene rings is 1. The third-order valence-electron chi connectivity index (χ3n) is 2.71. The van der Waals surface area contributed by atoms with Crippen molar-refractivity contribution in [3.8, 4) is 17.2 Å². The number of amides is 1. The van der Waals surface area contributed by atoms with E-state index in [9.17, 15) is 9.90 Å². The quantitative estimate of drug-likeness (QED) is 0.883. The van der Waals surface area contributed by atoms with E-state index in [1.54, 1.807) is 25.3 Å². The number of rotatable bonds is 5. The van der Waals surface area contributed by atoms with Crippen molar-refractivity contribution in [2.24, 2.45) is 0 Å². The number of pyridine rings is 1. The van der Waals surface area contributed by atoms with Crippen LogP contribution in [0.3, 0.4) is 0 Å². The van der Waals surface area contributed by atoms with Crippen LogP contribution in [0.15, 0.2) is 36.7 Å². The molecule has 2 aromatic rings. The highest BCUT2D eigenvalue weighted by atomic mass is 16.5. The van der Waals surface area contributed by atoms with Crippen LogP contribution >= 0.6 is 0 Å². The monoisotopic (exact) mass is 288 g/mol. The van der Waals surface area contributed by atoms with E-state index in [1.807, 2.05) is 6.92 Å². The van der Waals surface area contributed by atoms with Gasteiger partial charge in [0.1, 0.15) is 5.75 Å². The van der Waals surface area contributed by atoms with Gasteiger partial charge in [-0.3, -0.25) is 9.78 Å². The lowest BCUT2D eigenvalue weighted by atomic mass is 10.2. The van der Waals surface area contributed by atoms with Crippen LogP contribution in [-0.2, 0) is 0 Å². The Morgan fingerprint density at radius 2 is 2.10 bits per heavy atom. The Morgan fingerprint density at radius 3 is 2.76 bits per heavy atom. The van der Waals surface area contributed by atoms with Gasteiger partial charge in [-0.25, -0.2) is 0 Å². The molecular weight excluding hydrogens is 272 g/mol. The Kier molecular flexibility index (Phi) is 4.61. The number of ether oxygens (including phenoxy) is 2. The number of carbonyl (C=O) groups is 1. The number of methoxy groups -OCH3 is 1. The first-order valence-corrected chi connectivity index (χ1v) is 6.40. The maximum atomic E-state index is 12.1. The Morgan fingerprint density at radius 1 is 1.29 bits per heavy atom. The Balaban J connectivity index is 2.19. The summed E-state index contributed by atoms with van der Waals surface area (Å²) in [5.41, 5.74) is 0.830. The minimum absolute atomic E-state index is 0.0626.